The van der Waals surface area contributed by atoms with Gasteiger partial charge in [-0.2, -0.15) is 5.26 Å². The lowest BCUT2D eigenvalue weighted by Gasteiger charge is -2.06. The van der Waals surface area contributed by atoms with Crippen LogP contribution < -0.4 is 5.56 Å². The summed E-state index contributed by atoms with van der Waals surface area (Å²) >= 11 is 11.9. The number of allylic oxidation sites excluding steroid dienone is 1. The quantitative estimate of drug-likeness (QED) is 0.464. The van der Waals surface area contributed by atoms with E-state index in [4.69, 9.17) is 23.2 Å². The van der Waals surface area contributed by atoms with Crippen LogP contribution in [0.25, 0.3) is 22.6 Å². The molecule has 0 aliphatic heterocycles. The molecule has 30 heavy (non-hydrogen) atoms. The van der Waals surface area contributed by atoms with E-state index < -0.39 is 14.7 Å². The van der Waals surface area contributed by atoms with Gasteiger partial charge in [-0.3, -0.25) is 9.89 Å². The van der Waals surface area contributed by atoms with Gasteiger partial charge in [-0.15, -0.1) is 0 Å². The van der Waals surface area contributed by atoms with Crippen molar-refractivity contribution in [1.29, 1.82) is 5.26 Å². The van der Waals surface area contributed by atoms with Crippen LogP contribution in [0.2, 0.25) is 10.0 Å². The Hall–Kier alpha value is -3.12. The molecule has 2 aromatic heterocycles. The van der Waals surface area contributed by atoms with Crippen LogP contribution in [0.3, 0.4) is 0 Å². The maximum atomic E-state index is 13.1. The third kappa shape index (κ3) is 3.17. The van der Waals surface area contributed by atoms with Crippen molar-refractivity contribution in [2.75, 3.05) is 0 Å². The lowest BCUT2D eigenvalue weighted by atomic mass is 10.2. The molecule has 10 heteroatoms. The van der Waals surface area contributed by atoms with E-state index in [9.17, 15) is 18.5 Å². The van der Waals surface area contributed by atoms with Gasteiger partial charge in [0.2, 0.25) is 9.84 Å². The summed E-state index contributed by atoms with van der Waals surface area (Å²) in [6, 6.07) is 12.5. The fourth-order valence-corrected chi connectivity index (χ4v) is 4.98. The standard InChI is InChI=1S/C20H12Cl2N4O3S/c1-11-15(19-24-17-5-3-2-4-14(17)20(27)26(19)25-11)9-13(10-23)30(28,29)18-8-12(21)6-7-16(18)22/h2-9,25H,1H3/b13-9-. The van der Waals surface area contributed by atoms with Crippen LogP contribution in [0.5, 0.6) is 0 Å². The van der Waals surface area contributed by atoms with Crippen molar-refractivity contribution in [3.8, 4) is 6.07 Å². The van der Waals surface area contributed by atoms with E-state index in [-0.39, 0.29) is 26.1 Å². The van der Waals surface area contributed by atoms with Crippen LogP contribution in [0.1, 0.15) is 11.3 Å². The van der Waals surface area contributed by atoms with E-state index >= 15 is 0 Å². The van der Waals surface area contributed by atoms with Gasteiger partial charge in [0, 0.05) is 16.3 Å². The number of aromatic amines is 1. The number of H-pyrrole nitrogens is 1. The molecule has 150 valence electrons. The van der Waals surface area contributed by atoms with Gasteiger partial charge in [0.05, 0.1) is 20.8 Å². The fraction of sp³-hybridized carbons (Fsp3) is 0.0500. The third-order valence-electron chi connectivity index (χ3n) is 4.56. The Morgan fingerprint density at radius 2 is 1.97 bits per heavy atom. The predicted octanol–water partition coefficient (Wildman–Crippen LogP) is 4.13. The molecule has 0 aliphatic rings. The Morgan fingerprint density at radius 1 is 1.23 bits per heavy atom. The Kier molecular flexibility index (Phi) is 4.90. The zero-order valence-electron chi connectivity index (χ0n) is 15.3. The smallest absolute Gasteiger partial charge is 0.280 e. The first kappa shape index (κ1) is 20.2. The van der Waals surface area contributed by atoms with Crippen LogP contribution in [0, 0.1) is 18.3 Å². The van der Waals surface area contributed by atoms with Gasteiger partial charge in [0.25, 0.3) is 5.56 Å². The summed E-state index contributed by atoms with van der Waals surface area (Å²) in [5, 5.41) is 13.0. The molecule has 0 fully saturated rings. The molecular formula is C20H12Cl2N4O3S. The molecule has 0 spiro atoms. The summed E-state index contributed by atoms with van der Waals surface area (Å²) in [5.41, 5.74) is 1.09. The summed E-state index contributed by atoms with van der Waals surface area (Å²) in [7, 11) is -4.26. The second kappa shape index (κ2) is 7.29. The largest absolute Gasteiger partial charge is 0.293 e. The highest BCUT2D eigenvalue weighted by atomic mass is 35.5. The average molecular weight is 459 g/mol. The molecule has 0 saturated heterocycles. The zero-order valence-corrected chi connectivity index (χ0v) is 17.7. The number of hydrogen-bond donors (Lipinski definition) is 1. The molecule has 1 N–H and O–H groups in total. The monoisotopic (exact) mass is 458 g/mol. The van der Waals surface area contributed by atoms with E-state index in [1.165, 1.54) is 28.8 Å². The molecule has 2 aromatic carbocycles. The predicted molar refractivity (Wildman–Crippen MR) is 115 cm³/mol. The topological polar surface area (TPSA) is 108 Å². The summed E-state index contributed by atoms with van der Waals surface area (Å²) in [4.78, 5) is 16.4. The average Bonchev–Trinajstić information content (AvgIpc) is 3.03. The minimum atomic E-state index is -4.26. The third-order valence-corrected chi connectivity index (χ3v) is 6.94. The summed E-state index contributed by atoms with van der Waals surface area (Å²) in [5.74, 6) is 0. The molecule has 7 nitrogen and oxygen atoms in total. The Bertz CT molecular complexity index is 1580. The van der Waals surface area contributed by atoms with Crippen LogP contribution in [-0.2, 0) is 9.84 Å². The lowest BCUT2D eigenvalue weighted by molar-refractivity contribution is 0.603. The number of fused-ring (bicyclic) bond motifs is 2. The van der Waals surface area contributed by atoms with Crippen molar-refractivity contribution in [3.05, 3.63) is 79.0 Å². The number of benzene rings is 2. The number of sulfone groups is 1. The first-order valence-electron chi connectivity index (χ1n) is 8.56. The number of nitrogens with zero attached hydrogens (tertiary/aromatic N) is 3. The first-order chi connectivity index (χ1) is 14.2. The minimum absolute atomic E-state index is 0.0588. The van der Waals surface area contributed by atoms with Gasteiger partial charge in [-0.1, -0.05) is 35.3 Å². The van der Waals surface area contributed by atoms with Gasteiger partial charge >= 0.3 is 0 Å². The molecule has 0 aliphatic carbocycles. The van der Waals surface area contributed by atoms with Gasteiger partial charge in [-0.05, 0) is 43.3 Å². The Balaban J connectivity index is 2.00. The molecule has 4 aromatic rings. The maximum Gasteiger partial charge on any atom is 0.280 e. The second-order valence-corrected chi connectivity index (χ2v) is 9.17. The van der Waals surface area contributed by atoms with Gasteiger partial charge in [0.15, 0.2) is 5.65 Å². The number of rotatable bonds is 3. The van der Waals surface area contributed by atoms with Crippen LogP contribution in [-0.4, -0.2) is 23.0 Å². The van der Waals surface area contributed by atoms with Gasteiger partial charge in [-0.25, -0.2) is 17.9 Å². The summed E-state index contributed by atoms with van der Waals surface area (Å²) in [6.45, 7) is 1.65. The summed E-state index contributed by atoms with van der Waals surface area (Å²) in [6.07, 6.45) is 1.18. The SMILES string of the molecule is Cc1[nH]n2c(=O)c3ccccc3nc2c1/C=C(/C#N)S(=O)(=O)c1cc(Cl)ccc1Cl. The van der Waals surface area contributed by atoms with Crippen molar-refractivity contribution in [1.82, 2.24) is 14.6 Å². The fourth-order valence-electron chi connectivity index (χ4n) is 3.09. The number of nitrogens with one attached hydrogen (secondary N) is 1. The molecule has 4 rings (SSSR count). The van der Waals surface area contributed by atoms with Gasteiger partial charge in [0.1, 0.15) is 11.0 Å². The number of halogens is 2. The molecule has 2 heterocycles. The van der Waals surface area contributed by atoms with E-state index in [1.54, 1.807) is 37.3 Å². The Labute approximate surface area is 180 Å². The summed E-state index contributed by atoms with van der Waals surface area (Å²) < 4.78 is 27.3. The number of aromatic nitrogens is 3. The molecule has 0 saturated carbocycles. The van der Waals surface area contributed by atoms with Crippen LogP contribution in [0.15, 0.2) is 57.1 Å². The minimum Gasteiger partial charge on any atom is -0.293 e. The lowest BCUT2D eigenvalue weighted by Crippen LogP contribution is -2.15. The molecule has 0 radical (unpaired) electrons. The van der Waals surface area contributed by atoms with Crippen molar-refractivity contribution < 1.29 is 8.42 Å². The van der Waals surface area contributed by atoms with Gasteiger partial charge < -0.3 is 0 Å². The van der Waals surface area contributed by atoms with Crippen molar-refractivity contribution >= 4 is 55.7 Å². The van der Waals surface area contributed by atoms with E-state index in [0.29, 0.717) is 22.2 Å². The molecule has 0 amide bonds. The van der Waals surface area contributed by atoms with E-state index in [0.717, 1.165) is 0 Å². The zero-order chi connectivity index (χ0) is 21.6. The number of hydrogen-bond acceptors (Lipinski definition) is 5. The van der Waals surface area contributed by atoms with Crippen molar-refractivity contribution in [2.24, 2.45) is 0 Å². The second-order valence-electron chi connectivity index (χ2n) is 6.44. The molecule has 0 bridgehead atoms. The number of nitriles is 1. The Morgan fingerprint density at radius 3 is 2.70 bits per heavy atom. The number of aryl methyl sites for hydroxylation is 1. The highest BCUT2D eigenvalue weighted by Crippen LogP contribution is 2.31. The maximum absolute atomic E-state index is 13.1. The van der Waals surface area contributed by atoms with E-state index in [2.05, 4.69) is 10.1 Å². The highest BCUT2D eigenvalue weighted by Gasteiger charge is 2.25. The molecule has 0 unspecified atom stereocenters. The number of para-hydroxylation sites is 1. The normalized spacial score (nSPS) is 12.4. The molecule has 0 atom stereocenters. The van der Waals surface area contributed by atoms with Crippen LogP contribution in [0.4, 0.5) is 0 Å². The van der Waals surface area contributed by atoms with Crippen molar-refractivity contribution in [3.63, 3.8) is 0 Å². The van der Waals surface area contributed by atoms with Crippen LogP contribution >= 0.6 is 23.2 Å². The highest BCUT2D eigenvalue weighted by molar-refractivity contribution is 7.95. The first-order valence-corrected chi connectivity index (χ1v) is 10.8. The van der Waals surface area contributed by atoms with Crippen molar-refractivity contribution in [2.45, 2.75) is 11.8 Å². The molecular weight excluding hydrogens is 447 g/mol. The van der Waals surface area contributed by atoms with E-state index in [1.807, 2.05) is 0 Å².